The van der Waals surface area contributed by atoms with Crippen molar-refractivity contribution in [2.75, 3.05) is 13.1 Å². The first kappa shape index (κ1) is 14.2. The van der Waals surface area contributed by atoms with Gasteiger partial charge in [-0.2, -0.15) is 0 Å². The summed E-state index contributed by atoms with van der Waals surface area (Å²) in [7, 11) is 0. The number of nitrogens with zero attached hydrogens (tertiary/aromatic N) is 2. The van der Waals surface area contributed by atoms with Crippen LogP contribution in [0, 0.1) is 11.8 Å². The van der Waals surface area contributed by atoms with Crippen LogP contribution in [0.1, 0.15) is 35.9 Å². The molecular weight excluding hydrogens is 296 g/mol. The van der Waals surface area contributed by atoms with Gasteiger partial charge < -0.3 is 9.42 Å². The highest BCUT2D eigenvalue weighted by Crippen LogP contribution is 2.40. The number of carbonyl (C=O) groups is 1. The van der Waals surface area contributed by atoms with E-state index in [2.05, 4.69) is 17.0 Å². The minimum absolute atomic E-state index is 0.283. The maximum Gasteiger partial charge on any atom is 0.173 e. The average molecular weight is 316 g/mol. The van der Waals surface area contributed by atoms with Gasteiger partial charge in [0.1, 0.15) is 12.0 Å². The average Bonchev–Trinajstić information content (AvgIpc) is 3.21. The van der Waals surface area contributed by atoms with E-state index in [0.29, 0.717) is 18.4 Å². The maximum absolute atomic E-state index is 12.7. The molecule has 0 radical (unpaired) electrons. The maximum atomic E-state index is 12.7. The summed E-state index contributed by atoms with van der Waals surface area (Å²) in [4.78, 5) is 17.1. The standard InChI is InChI=1S/C17H20N2O2S/c1-11-13(12-4-7-19(11)8-5-12)10-15(20)17-3-2-16(22-17)14-6-9-21-18-14/h2-3,6,9,11-13H,4-5,7-8,10H2,1H3. The molecule has 3 aliphatic rings. The van der Waals surface area contributed by atoms with Crippen LogP contribution < -0.4 is 0 Å². The van der Waals surface area contributed by atoms with E-state index in [1.54, 1.807) is 6.26 Å². The van der Waals surface area contributed by atoms with E-state index in [-0.39, 0.29) is 5.78 Å². The van der Waals surface area contributed by atoms with Crippen molar-refractivity contribution in [2.24, 2.45) is 11.8 Å². The van der Waals surface area contributed by atoms with Gasteiger partial charge in [0, 0.05) is 18.5 Å². The third-order valence-corrected chi connectivity index (χ3v) is 6.52. The monoisotopic (exact) mass is 316 g/mol. The van der Waals surface area contributed by atoms with E-state index in [4.69, 9.17) is 4.52 Å². The summed E-state index contributed by atoms with van der Waals surface area (Å²) in [6, 6.07) is 6.28. The molecule has 0 N–H and O–H groups in total. The molecule has 0 amide bonds. The van der Waals surface area contributed by atoms with Gasteiger partial charge in [-0.1, -0.05) is 5.16 Å². The number of ketones is 1. The van der Waals surface area contributed by atoms with Crippen molar-refractivity contribution in [1.82, 2.24) is 10.1 Å². The number of piperidine rings is 3. The van der Waals surface area contributed by atoms with Crippen LogP contribution in [0.5, 0.6) is 0 Å². The number of rotatable bonds is 4. The highest BCUT2D eigenvalue weighted by molar-refractivity contribution is 7.17. The van der Waals surface area contributed by atoms with Crippen LogP contribution in [0.15, 0.2) is 29.0 Å². The fourth-order valence-electron chi connectivity index (χ4n) is 4.04. The third-order valence-electron chi connectivity index (χ3n) is 5.37. The third kappa shape index (κ3) is 2.42. The second-order valence-corrected chi connectivity index (χ2v) is 7.54. The summed E-state index contributed by atoms with van der Waals surface area (Å²) in [5.41, 5.74) is 0.806. The van der Waals surface area contributed by atoms with E-state index in [1.807, 2.05) is 18.2 Å². The first-order valence-electron chi connectivity index (χ1n) is 8.00. The van der Waals surface area contributed by atoms with Crippen molar-refractivity contribution in [3.8, 4) is 10.6 Å². The number of thiophene rings is 1. The van der Waals surface area contributed by atoms with Gasteiger partial charge in [0.2, 0.25) is 0 Å². The summed E-state index contributed by atoms with van der Waals surface area (Å²) >= 11 is 1.52. The van der Waals surface area contributed by atoms with E-state index in [1.165, 1.54) is 37.3 Å². The molecule has 2 aromatic heterocycles. The van der Waals surface area contributed by atoms with Gasteiger partial charge in [-0.25, -0.2) is 0 Å². The minimum Gasteiger partial charge on any atom is -0.364 e. The molecule has 0 spiro atoms. The molecule has 2 aromatic rings. The molecule has 0 saturated carbocycles. The zero-order chi connectivity index (χ0) is 15.1. The van der Waals surface area contributed by atoms with Crippen LogP contribution in [0.2, 0.25) is 0 Å². The Balaban J connectivity index is 1.48. The van der Waals surface area contributed by atoms with E-state index in [9.17, 15) is 4.79 Å². The highest BCUT2D eigenvalue weighted by atomic mass is 32.1. The Hall–Kier alpha value is -1.46. The van der Waals surface area contributed by atoms with E-state index < -0.39 is 0 Å². The van der Waals surface area contributed by atoms with Crippen molar-refractivity contribution < 1.29 is 9.32 Å². The number of hydrogen-bond donors (Lipinski definition) is 0. The molecule has 0 aliphatic carbocycles. The van der Waals surface area contributed by atoms with Crippen LogP contribution in [-0.4, -0.2) is 35.0 Å². The van der Waals surface area contributed by atoms with Gasteiger partial charge in [0.15, 0.2) is 5.78 Å². The molecule has 22 heavy (non-hydrogen) atoms. The van der Waals surface area contributed by atoms with Gasteiger partial charge in [-0.05, 0) is 56.8 Å². The van der Waals surface area contributed by atoms with Crippen molar-refractivity contribution in [3.05, 3.63) is 29.3 Å². The molecule has 4 nitrogen and oxygen atoms in total. The van der Waals surface area contributed by atoms with Gasteiger partial charge >= 0.3 is 0 Å². The van der Waals surface area contributed by atoms with Crippen molar-refractivity contribution in [2.45, 2.75) is 32.2 Å². The molecule has 5 rings (SSSR count). The molecule has 3 fully saturated rings. The minimum atomic E-state index is 0.283. The zero-order valence-corrected chi connectivity index (χ0v) is 13.5. The normalized spacial score (nSPS) is 30.6. The molecule has 0 aromatic carbocycles. The number of hydrogen-bond acceptors (Lipinski definition) is 5. The lowest BCUT2D eigenvalue weighted by Crippen LogP contribution is -2.53. The topological polar surface area (TPSA) is 46.3 Å². The summed E-state index contributed by atoms with van der Waals surface area (Å²) < 4.78 is 4.87. The van der Waals surface area contributed by atoms with E-state index >= 15 is 0 Å². The second kappa shape index (κ2) is 5.63. The molecule has 3 aliphatic heterocycles. The van der Waals surface area contributed by atoms with Crippen molar-refractivity contribution in [3.63, 3.8) is 0 Å². The fourth-order valence-corrected chi connectivity index (χ4v) is 4.95. The number of Topliss-reactive ketones (excluding diaryl/α,β-unsaturated/α-hetero) is 1. The SMILES string of the molecule is CC1C(CC(=O)c2ccc(-c3ccon3)s2)C2CCN1CC2. The zero-order valence-electron chi connectivity index (χ0n) is 12.7. The van der Waals surface area contributed by atoms with Gasteiger partial charge in [0.05, 0.1) is 9.75 Å². The lowest BCUT2D eigenvalue weighted by molar-refractivity contribution is -0.00267. The summed E-state index contributed by atoms with van der Waals surface area (Å²) in [6.07, 6.45) is 4.76. The largest absolute Gasteiger partial charge is 0.364 e. The van der Waals surface area contributed by atoms with Gasteiger partial charge in [0.25, 0.3) is 0 Å². The molecule has 5 heterocycles. The Bertz CT molecular complexity index is 654. The van der Waals surface area contributed by atoms with Crippen molar-refractivity contribution in [1.29, 1.82) is 0 Å². The fraction of sp³-hybridized carbons (Fsp3) is 0.529. The Morgan fingerprint density at radius 2 is 2.18 bits per heavy atom. The first-order valence-corrected chi connectivity index (χ1v) is 8.82. The van der Waals surface area contributed by atoms with Gasteiger partial charge in [-0.15, -0.1) is 11.3 Å². The smallest absolute Gasteiger partial charge is 0.173 e. The quantitative estimate of drug-likeness (QED) is 0.807. The van der Waals surface area contributed by atoms with Crippen LogP contribution in [0.25, 0.3) is 10.6 Å². The number of aromatic nitrogens is 1. The van der Waals surface area contributed by atoms with Crippen LogP contribution in [0.3, 0.4) is 0 Å². The molecular formula is C17H20N2O2S. The Morgan fingerprint density at radius 1 is 1.36 bits per heavy atom. The first-order chi connectivity index (χ1) is 10.7. The predicted molar refractivity (Wildman–Crippen MR) is 86.0 cm³/mol. The Labute approximate surface area is 134 Å². The molecule has 2 atom stereocenters. The summed E-state index contributed by atoms with van der Waals surface area (Å²) in [5, 5.41) is 3.94. The molecule has 116 valence electrons. The van der Waals surface area contributed by atoms with Crippen LogP contribution in [0.4, 0.5) is 0 Å². The lowest BCUT2D eigenvalue weighted by atomic mass is 9.72. The second-order valence-electron chi connectivity index (χ2n) is 6.45. The van der Waals surface area contributed by atoms with Crippen LogP contribution in [-0.2, 0) is 0 Å². The number of fused-ring (bicyclic) bond motifs is 3. The van der Waals surface area contributed by atoms with Crippen molar-refractivity contribution >= 4 is 17.1 Å². The summed E-state index contributed by atoms with van der Waals surface area (Å²) in [5.74, 6) is 1.54. The Kier molecular flexibility index (Phi) is 3.62. The highest BCUT2D eigenvalue weighted by Gasteiger charge is 2.40. The number of carbonyl (C=O) groups excluding carboxylic acids is 1. The van der Waals surface area contributed by atoms with E-state index in [0.717, 1.165) is 21.4 Å². The molecule has 2 unspecified atom stereocenters. The molecule has 2 bridgehead atoms. The Morgan fingerprint density at radius 3 is 2.86 bits per heavy atom. The van der Waals surface area contributed by atoms with Crippen LogP contribution >= 0.6 is 11.3 Å². The lowest BCUT2D eigenvalue weighted by Gasteiger charge is -2.49. The van der Waals surface area contributed by atoms with Gasteiger partial charge in [-0.3, -0.25) is 4.79 Å². The molecule has 3 saturated heterocycles. The predicted octanol–water partition coefficient (Wildman–Crippen LogP) is 3.71. The molecule has 5 heteroatoms. The summed E-state index contributed by atoms with van der Waals surface area (Å²) in [6.45, 7) is 4.72.